The van der Waals surface area contributed by atoms with Crippen LogP contribution >= 0.6 is 0 Å². The molecule has 13 heteroatoms. The van der Waals surface area contributed by atoms with Gasteiger partial charge in [0.05, 0.1) is 16.5 Å². The molecule has 3 saturated heterocycles. The minimum Gasteiger partial charge on any atom is -0.468 e. The van der Waals surface area contributed by atoms with Crippen molar-refractivity contribution in [1.29, 1.82) is 0 Å². The summed E-state index contributed by atoms with van der Waals surface area (Å²) in [5.74, 6) is -0.191. The summed E-state index contributed by atoms with van der Waals surface area (Å²) in [6, 6.07) is 27.4. The Hall–Kier alpha value is -5.05. The average Bonchev–Trinajstić information content (AvgIpc) is 3.88. The molecule has 3 aliphatic rings. The fraction of sp³-hybridized carbons (Fsp3) is 0.442. The number of aliphatic hydroxyl groups is 1. The molecule has 0 spiro atoms. The first-order valence-electron chi connectivity index (χ1n) is 23.2. The summed E-state index contributed by atoms with van der Waals surface area (Å²) >= 11 is 0. The van der Waals surface area contributed by atoms with Crippen LogP contribution in [0.4, 0.5) is 14.6 Å². The number of fused-ring (bicyclic) bond motifs is 3. The molecule has 5 heterocycles. The second kappa shape index (κ2) is 18.0. The molecule has 3 aliphatic heterocycles. The number of aryl methyl sites for hydroxylation is 1. The summed E-state index contributed by atoms with van der Waals surface area (Å²) in [5, 5.41) is 14.5. The van der Waals surface area contributed by atoms with Crippen LogP contribution < -0.4 is 24.7 Å². The molecule has 342 valence electrons. The Balaban J connectivity index is 1.04. The van der Waals surface area contributed by atoms with Gasteiger partial charge in [0, 0.05) is 38.0 Å². The van der Waals surface area contributed by atoms with E-state index in [4.69, 9.17) is 29.2 Å². The van der Waals surface area contributed by atoms with Crippen LogP contribution in [0.1, 0.15) is 84.6 Å². The zero-order chi connectivity index (χ0) is 45.6. The van der Waals surface area contributed by atoms with Crippen molar-refractivity contribution in [2.45, 2.75) is 108 Å². The summed E-state index contributed by atoms with van der Waals surface area (Å²) in [6.45, 7) is 10.3. The van der Waals surface area contributed by atoms with Gasteiger partial charge in [-0.05, 0) is 121 Å². The molecule has 0 radical (unpaired) electrons. The van der Waals surface area contributed by atoms with Gasteiger partial charge in [0.15, 0.2) is 12.6 Å². The van der Waals surface area contributed by atoms with E-state index in [-0.39, 0.29) is 40.4 Å². The predicted octanol–water partition coefficient (Wildman–Crippen LogP) is 8.71. The van der Waals surface area contributed by atoms with E-state index < -0.39 is 19.7 Å². The normalized spacial score (nSPS) is 21.6. The highest BCUT2D eigenvalue weighted by molar-refractivity contribution is 6.98. The molecule has 2 aromatic heterocycles. The van der Waals surface area contributed by atoms with Gasteiger partial charge in [-0.15, -0.1) is 0 Å². The Kier molecular flexibility index (Phi) is 12.5. The van der Waals surface area contributed by atoms with Gasteiger partial charge in [-0.25, -0.2) is 8.78 Å². The number of hydrogen-bond donors (Lipinski definition) is 2. The molecule has 0 bridgehead atoms. The second-order valence-corrected chi connectivity index (χ2v) is 23.3. The summed E-state index contributed by atoms with van der Waals surface area (Å²) in [7, 11) is -1.65. The maximum atomic E-state index is 17.5. The Bertz CT molecular complexity index is 2630. The van der Waals surface area contributed by atoms with E-state index in [0.29, 0.717) is 77.4 Å². The first kappa shape index (κ1) is 45.1. The van der Waals surface area contributed by atoms with Crippen molar-refractivity contribution >= 4 is 46.2 Å². The van der Waals surface area contributed by atoms with E-state index >= 15 is 8.78 Å². The number of β-amino-alcohol motifs (C(OH)–C–C–N with tert-alkyl or cyclic N) is 1. The Morgan fingerprint density at radius 2 is 1.63 bits per heavy atom. The van der Waals surface area contributed by atoms with Gasteiger partial charge in [-0.1, -0.05) is 87.5 Å². The molecule has 3 fully saturated rings. The van der Waals surface area contributed by atoms with Gasteiger partial charge in [-0.3, -0.25) is 9.88 Å². The monoisotopic (exact) mass is 901 g/mol. The molecule has 0 saturated carbocycles. The number of benzene rings is 4. The average molecular weight is 902 g/mol. The lowest BCUT2D eigenvalue weighted by molar-refractivity contribution is 0.0446. The lowest BCUT2D eigenvalue weighted by Gasteiger charge is -2.42. The van der Waals surface area contributed by atoms with Gasteiger partial charge in [-0.2, -0.15) is 9.97 Å². The van der Waals surface area contributed by atoms with Crippen molar-refractivity contribution in [2.75, 3.05) is 45.0 Å². The number of ether oxygens (including phenoxy) is 3. The van der Waals surface area contributed by atoms with Crippen LogP contribution in [0.25, 0.3) is 32.9 Å². The van der Waals surface area contributed by atoms with E-state index in [2.05, 4.69) is 43.0 Å². The maximum Gasteiger partial charge on any atom is 0.319 e. The summed E-state index contributed by atoms with van der Waals surface area (Å²) in [6.07, 6.45) is 9.06. The van der Waals surface area contributed by atoms with Crippen LogP contribution in [0.15, 0.2) is 91.1 Å². The molecular formula is C52H61F2N5O5Si. The minimum atomic E-state index is -3.17. The summed E-state index contributed by atoms with van der Waals surface area (Å²) < 4.78 is 50.6. The van der Waals surface area contributed by atoms with Crippen LogP contribution in [0, 0.1) is 11.6 Å². The Morgan fingerprint density at radius 1 is 0.908 bits per heavy atom. The van der Waals surface area contributed by atoms with E-state index in [1.807, 2.05) is 55.1 Å². The minimum absolute atomic E-state index is 0.00326. The van der Waals surface area contributed by atoms with E-state index in [0.717, 1.165) is 61.9 Å². The molecule has 0 unspecified atom stereocenters. The zero-order valence-corrected chi connectivity index (χ0v) is 39.2. The zero-order valence-electron chi connectivity index (χ0n) is 38.2. The Morgan fingerprint density at radius 3 is 2.32 bits per heavy atom. The van der Waals surface area contributed by atoms with Crippen molar-refractivity contribution in [3.63, 3.8) is 0 Å². The van der Waals surface area contributed by atoms with Crippen LogP contribution in [-0.2, 0) is 11.2 Å². The van der Waals surface area contributed by atoms with Crippen LogP contribution in [0.5, 0.6) is 11.8 Å². The first-order valence-corrected chi connectivity index (χ1v) is 25.2. The second-order valence-electron chi connectivity index (χ2n) is 19.4. The van der Waals surface area contributed by atoms with Crippen molar-refractivity contribution in [3.05, 3.63) is 108 Å². The number of halogens is 2. The van der Waals surface area contributed by atoms with Crippen molar-refractivity contribution in [3.8, 4) is 23.0 Å². The highest BCUT2D eigenvalue weighted by atomic mass is 28.4. The van der Waals surface area contributed by atoms with Gasteiger partial charge in [0.2, 0.25) is 0 Å². The van der Waals surface area contributed by atoms with Crippen molar-refractivity contribution in [2.24, 2.45) is 0 Å². The van der Waals surface area contributed by atoms with Crippen LogP contribution in [-0.4, -0.2) is 95.4 Å². The predicted molar refractivity (Wildman–Crippen MR) is 255 cm³/mol. The third-order valence-corrected chi connectivity index (χ3v) is 19.2. The lowest BCUT2D eigenvalue weighted by atomic mass is 9.94. The molecule has 4 aromatic carbocycles. The molecule has 2 N–H and O–H groups in total. The fourth-order valence-electron chi connectivity index (χ4n) is 11.3. The van der Waals surface area contributed by atoms with Gasteiger partial charge in [0.25, 0.3) is 8.32 Å². The SMILES string of the molecule is CCc1c(F)ccc2cc(OCOC)cc(-c3ncc4c(N5CCC[C@@](C)(O)C5)nc(OC[C@]56CCCN5[C@H](CCC(C)(C)[Si](O)(c5ccccc5)c5ccccc5)CC6)nc4c3F)c12. The lowest BCUT2D eigenvalue weighted by Crippen LogP contribution is -2.65. The topological polar surface area (TPSA) is 113 Å². The van der Waals surface area contributed by atoms with Gasteiger partial charge in [0.1, 0.15) is 35.2 Å². The third kappa shape index (κ3) is 8.39. The van der Waals surface area contributed by atoms with E-state index in [1.54, 1.807) is 24.4 Å². The van der Waals surface area contributed by atoms with E-state index in [9.17, 15) is 9.90 Å². The number of rotatable bonds is 15. The quantitative estimate of drug-likeness (QED) is 0.0767. The highest BCUT2D eigenvalue weighted by Gasteiger charge is 2.53. The largest absolute Gasteiger partial charge is 0.468 e. The molecule has 10 nitrogen and oxygen atoms in total. The van der Waals surface area contributed by atoms with Crippen LogP contribution in [0.3, 0.4) is 0 Å². The highest BCUT2D eigenvalue weighted by Crippen LogP contribution is 2.48. The standard InChI is InChI=1S/C52H61F2N5O5Si/c1-6-40-43(53)20-19-35-29-37(64-34-62-5)30-41(44(35)40)46-45(54)47-42(31-55-46)48(58-27-13-23-51(4,60)32-58)57-49(56-47)63-33-52-24-14-28-59(52)36(22-26-52)21-25-50(2,3)65(61,38-15-9-7-10-16-38)39-17-11-8-12-18-39/h7-12,15-20,29-31,36,60-61H,6,13-14,21-28,32-34H2,1-5H3/t36-,51-,52-/m1/s1. The van der Waals surface area contributed by atoms with Crippen molar-refractivity contribution < 1.29 is 32.9 Å². The number of nitrogens with zero attached hydrogens (tertiary/aromatic N) is 5. The molecule has 9 rings (SSSR count). The molecule has 6 aromatic rings. The van der Waals surface area contributed by atoms with E-state index in [1.165, 1.54) is 13.2 Å². The number of pyridine rings is 1. The fourth-order valence-corrected chi connectivity index (χ4v) is 15.0. The van der Waals surface area contributed by atoms with Crippen LogP contribution in [0.2, 0.25) is 5.04 Å². The number of piperidine rings is 1. The number of hydrogen-bond acceptors (Lipinski definition) is 10. The molecule has 3 atom stereocenters. The smallest absolute Gasteiger partial charge is 0.319 e. The molecule has 0 aliphatic carbocycles. The molecule has 65 heavy (non-hydrogen) atoms. The Labute approximate surface area is 381 Å². The maximum absolute atomic E-state index is 17.5. The van der Waals surface area contributed by atoms with Gasteiger partial charge < -0.3 is 29.0 Å². The number of anilines is 1. The summed E-state index contributed by atoms with van der Waals surface area (Å²) in [4.78, 5) is 31.9. The number of aromatic nitrogens is 3. The molecule has 0 amide bonds. The molecular weight excluding hydrogens is 841 g/mol. The number of methoxy groups -OCH3 is 1. The third-order valence-electron chi connectivity index (χ3n) is 14.7. The first-order chi connectivity index (χ1) is 31.3. The summed E-state index contributed by atoms with van der Waals surface area (Å²) in [5.41, 5.74) is -0.345. The van der Waals surface area contributed by atoms with Crippen molar-refractivity contribution in [1.82, 2.24) is 19.9 Å². The van der Waals surface area contributed by atoms with Gasteiger partial charge >= 0.3 is 6.01 Å².